The third-order valence-electron chi connectivity index (χ3n) is 1.40. The summed E-state index contributed by atoms with van der Waals surface area (Å²) in [7, 11) is 0. The van der Waals surface area contributed by atoms with Gasteiger partial charge in [-0.15, -0.1) is 0 Å². The van der Waals surface area contributed by atoms with Gasteiger partial charge in [0.05, 0.1) is 0 Å². The van der Waals surface area contributed by atoms with Gasteiger partial charge in [-0.2, -0.15) is 0 Å². The lowest BCUT2D eigenvalue weighted by atomic mass is 10.3. The fraction of sp³-hybridized carbons (Fsp3) is 0.500. The van der Waals surface area contributed by atoms with Crippen LogP contribution in [0.1, 0.15) is 6.42 Å². The van der Waals surface area contributed by atoms with Crippen LogP contribution in [-0.4, -0.2) is 11.9 Å². The zero-order valence-corrected chi connectivity index (χ0v) is 5.08. The minimum absolute atomic E-state index is 0.264. The first-order valence-electron chi connectivity index (χ1n) is 2.93. The van der Waals surface area contributed by atoms with Gasteiger partial charge in [0, 0.05) is 6.04 Å². The number of hydrogen-bond acceptors (Lipinski definition) is 2. The van der Waals surface area contributed by atoms with Crippen molar-refractivity contribution in [3.63, 3.8) is 0 Å². The number of amides is 1. The Morgan fingerprint density at radius 1 is 1.67 bits per heavy atom. The fourth-order valence-corrected chi connectivity index (χ4v) is 0.675. The molecular formula is C6H10N2O. The molecule has 0 radical (unpaired) electrons. The summed E-state index contributed by atoms with van der Waals surface area (Å²) < 4.78 is 0. The van der Waals surface area contributed by atoms with Crippen molar-refractivity contribution in [3.8, 4) is 0 Å². The molecule has 3 nitrogen and oxygen atoms in total. The van der Waals surface area contributed by atoms with Crippen molar-refractivity contribution in [3.05, 3.63) is 12.2 Å². The highest BCUT2D eigenvalue weighted by molar-refractivity contribution is 5.85. The van der Waals surface area contributed by atoms with Gasteiger partial charge in [-0.1, -0.05) is 6.08 Å². The second-order valence-electron chi connectivity index (χ2n) is 2.32. The summed E-state index contributed by atoms with van der Waals surface area (Å²) in [4.78, 5) is 10.1. The van der Waals surface area contributed by atoms with Crippen LogP contribution in [0.4, 0.5) is 0 Å². The van der Waals surface area contributed by atoms with Crippen LogP contribution in [0.25, 0.3) is 0 Å². The molecule has 1 aliphatic carbocycles. The summed E-state index contributed by atoms with van der Waals surface area (Å²) in [6.07, 6.45) is 4.13. The van der Waals surface area contributed by atoms with E-state index in [1.807, 2.05) is 0 Å². The van der Waals surface area contributed by atoms with Crippen LogP contribution in [0.3, 0.4) is 0 Å². The van der Waals surface area contributed by atoms with Gasteiger partial charge >= 0.3 is 0 Å². The molecule has 1 fully saturated rings. The molecule has 0 aromatic heterocycles. The topological polar surface area (TPSA) is 69.1 Å². The van der Waals surface area contributed by atoms with E-state index in [-0.39, 0.29) is 6.04 Å². The Bertz CT molecular complexity index is 153. The zero-order valence-electron chi connectivity index (χ0n) is 5.08. The van der Waals surface area contributed by atoms with E-state index in [9.17, 15) is 4.79 Å². The first-order chi connectivity index (χ1) is 4.20. The minimum atomic E-state index is -0.394. The van der Waals surface area contributed by atoms with Crippen LogP contribution in [0.5, 0.6) is 0 Å². The molecular weight excluding hydrogens is 116 g/mol. The van der Waals surface area contributed by atoms with Crippen molar-refractivity contribution in [2.24, 2.45) is 17.4 Å². The summed E-state index contributed by atoms with van der Waals surface area (Å²) in [5.41, 5.74) is 10.3. The maximum absolute atomic E-state index is 10.1. The molecule has 9 heavy (non-hydrogen) atoms. The SMILES string of the molecule is NC(=O)/C=C/[C@@H]1C[C@H]1N. The molecule has 0 bridgehead atoms. The summed E-state index contributed by atoms with van der Waals surface area (Å²) in [5, 5.41) is 0. The maximum atomic E-state index is 10.1. The van der Waals surface area contributed by atoms with E-state index in [1.54, 1.807) is 6.08 Å². The first-order valence-corrected chi connectivity index (χ1v) is 2.93. The Kier molecular flexibility index (Phi) is 1.53. The average molecular weight is 126 g/mol. The molecule has 0 aliphatic heterocycles. The predicted octanol–water partition coefficient (Wildman–Crippen LogP) is -0.625. The van der Waals surface area contributed by atoms with Gasteiger partial charge in [0.1, 0.15) is 0 Å². The molecule has 1 rings (SSSR count). The highest BCUT2D eigenvalue weighted by Gasteiger charge is 2.30. The van der Waals surface area contributed by atoms with Gasteiger partial charge < -0.3 is 11.5 Å². The Morgan fingerprint density at radius 3 is 2.56 bits per heavy atom. The number of hydrogen-bond donors (Lipinski definition) is 2. The molecule has 0 aromatic rings. The lowest BCUT2D eigenvalue weighted by molar-refractivity contribution is -0.113. The van der Waals surface area contributed by atoms with Crippen molar-refractivity contribution >= 4 is 5.91 Å². The number of nitrogens with two attached hydrogens (primary N) is 2. The molecule has 1 saturated carbocycles. The average Bonchev–Trinajstić information content (AvgIpc) is 2.42. The van der Waals surface area contributed by atoms with Gasteiger partial charge in [-0.25, -0.2) is 0 Å². The van der Waals surface area contributed by atoms with Gasteiger partial charge in [0.2, 0.25) is 5.91 Å². The molecule has 3 heteroatoms. The Labute approximate surface area is 53.7 Å². The smallest absolute Gasteiger partial charge is 0.241 e. The van der Waals surface area contributed by atoms with Gasteiger partial charge in [0.15, 0.2) is 0 Å². The Hall–Kier alpha value is -0.830. The lowest BCUT2D eigenvalue weighted by Crippen LogP contribution is -2.06. The zero-order chi connectivity index (χ0) is 6.85. The molecule has 0 saturated heterocycles. The van der Waals surface area contributed by atoms with Crippen molar-refractivity contribution in [1.82, 2.24) is 0 Å². The Morgan fingerprint density at radius 2 is 2.22 bits per heavy atom. The number of rotatable bonds is 2. The van der Waals surface area contributed by atoms with Crippen LogP contribution in [0.2, 0.25) is 0 Å². The monoisotopic (exact) mass is 126 g/mol. The number of primary amides is 1. The lowest BCUT2D eigenvalue weighted by Gasteiger charge is -1.80. The van der Waals surface area contributed by atoms with Crippen molar-refractivity contribution in [2.75, 3.05) is 0 Å². The summed E-state index contributed by atoms with van der Waals surface area (Å²) in [6, 6.07) is 0.264. The predicted molar refractivity (Wildman–Crippen MR) is 34.4 cm³/mol. The largest absolute Gasteiger partial charge is 0.366 e. The quantitative estimate of drug-likeness (QED) is 0.484. The van der Waals surface area contributed by atoms with Crippen molar-refractivity contribution < 1.29 is 4.79 Å². The van der Waals surface area contributed by atoms with E-state index in [4.69, 9.17) is 11.5 Å². The second kappa shape index (κ2) is 2.19. The van der Waals surface area contributed by atoms with Gasteiger partial charge in [-0.3, -0.25) is 4.79 Å². The van der Waals surface area contributed by atoms with E-state index >= 15 is 0 Å². The molecule has 0 spiro atoms. The van der Waals surface area contributed by atoms with Crippen LogP contribution < -0.4 is 11.5 Å². The highest BCUT2D eigenvalue weighted by Crippen LogP contribution is 2.28. The van der Waals surface area contributed by atoms with E-state index < -0.39 is 5.91 Å². The van der Waals surface area contributed by atoms with Crippen LogP contribution >= 0.6 is 0 Å². The van der Waals surface area contributed by atoms with Crippen molar-refractivity contribution in [1.29, 1.82) is 0 Å². The molecule has 50 valence electrons. The maximum Gasteiger partial charge on any atom is 0.241 e. The first kappa shape index (κ1) is 6.29. The van der Waals surface area contributed by atoms with E-state index in [0.29, 0.717) is 5.92 Å². The van der Waals surface area contributed by atoms with E-state index in [1.165, 1.54) is 6.08 Å². The molecule has 0 heterocycles. The standard InChI is InChI=1S/C6H10N2O/c7-5-3-4(5)1-2-6(8)9/h1-2,4-5H,3,7H2,(H2,8,9)/b2-1+/t4-,5-/m1/s1. The molecule has 4 N–H and O–H groups in total. The third-order valence-corrected chi connectivity index (χ3v) is 1.40. The minimum Gasteiger partial charge on any atom is -0.366 e. The number of carbonyl (C=O) groups is 1. The van der Waals surface area contributed by atoms with Gasteiger partial charge in [0.25, 0.3) is 0 Å². The molecule has 2 atom stereocenters. The molecule has 1 aliphatic rings. The fourth-order valence-electron chi connectivity index (χ4n) is 0.675. The summed E-state index contributed by atoms with van der Waals surface area (Å²) >= 11 is 0. The Balaban J connectivity index is 2.25. The van der Waals surface area contributed by atoms with E-state index in [0.717, 1.165) is 6.42 Å². The molecule has 0 aromatic carbocycles. The normalized spacial score (nSPS) is 33.0. The molecule has 1 amide bonds. The molecule has 0 unspecified atom stereocenters. The van der Waals surface area contributed by atoms with Crippen molar-refractivity contribution in [2.45, 2.75) is 12.5 Å². The summed E-state index contributed by atoms with van der Waals surface area (Å²) in [5.74, 6) is 0.00611. The van der Waals surface area contributed by atoms with Gasteiger partial charge in [-0.05, 0) is 18.4 Å². The third kappa shape index (κ3) is 1.85. The summed E-state index contributed by atoms with van der Waals surface area (Å²) in [6.45, 7) is 0. The highest BCUT2D eigenvalue weighted by atomic mass is 16.1. The van der Waals surface area contributed by atoms with E-state index in [2.05, 4.69) is 0 Å². The number of carbonyl (C=O) groups excluding carboxylic acids is 1. The van der Waals surface area contributed by atoms with Crippen LogP contribution in [0, 0.1) is 5.92 Å². The van der Waals surface area contributed by atoms with Crippen LogP contribution in [0.15, 0.2) is 12.2 Å². The van der Waals surface area contributed by atoms with Crippen LogP contribution in [-0.2, 0) is 4.79 Å². The second-order valence-corrected chi connectivity index (χ2v) is 2.32.